The first-order valence-electron chi connectivity index (χ1n) is 6.91. The van der Waals surface area contributed by atoms with Crippen molar-refractivity contribution in [3.8, 4) is 0 Å². The second kappa shape index (κ2) is 4.28. The van der Waals surface area contributed by atoms with E-state index in [1.165, 1.54) is 58.0 Å². The van der Waals surface area contributed by atoms with Gasteiger partial charge in [-0.05, 0) is 58.0 Å². The van der Waals surface area contributed by atoms with Crippen LogP contribution in [0, 0.1) is 0 Å². The molecule has 0 aromatic carbocycles. The summed E-state index contributed by atoms with van der Waals surface area (Å²) in [6, 6.07) is 1.23. The van der Waals surface area contributed by atoms with Gasteiger partial charge in [-0.15, -0.1) is 0 Å². The highest BCUT2D eigenvalue weighted by Crippen LogP contribution is 2.43. The van der Waals surface area contributed by atoms with E-state index >= 15 is 0 Å². The number of ether oxygens (including phenoxy) is 1. The van der Waals surface area contributed by atoms with Gasteiger partial charge in [-0.2, -0.15) is 0 Å². The van der Waals surface area contributed by atoms with Crippen molar-refractivity contribution in [3.05, 3.63) is 0 Å². The molecule has 3 aliphatic rings. The average molecular weight is 224 g/mol. The minimum Gasteiger partial charge on any atom is -0.375 e. The Morgan fingerprint density at radius 3 is 2.50 bits per heavy atom. The zero-order valence-electron chi connectivity index (χ0n) is 10.2. The van der Waals surface area contributed by atoms with Crippen LogP contribution in [0.25, 0.3) is 0 Å². The Balaban J connectivity index is 1.57. The number of nitrogens with zero attached hydrogens (tertiary/aromatic N) is 1. The van der Waals surface area contributed by atoms with Crippen molar-refractivity contribution >= 4 is 0 Å². The van der Waals surface area contributed by atoms with Crippen LogP contribution in [-0.4, -0.2) is 42.3 Å². The Morgan fingerprint density at radius 1 is 1.12 bits per heavy atom. The van der Waals surface area contributed by atoms with Crippen molar-refractivity contribution in [2.45, 2.75) is 62.6 Å². The van der Waals surface area contributed by atoms with E-state index in [-0.39, 0.29) is 0 Å². The third kappa shape index (κ3) is 2.01. The van der Waals surface area contributed by atoms with Gasteiger partial charge in [-0.3, -0.25) is 0 Å². The SMILES string of the molecule is NC1CCN(C2CCOC3(CCC3)C2)CC1. The summed E-state index contributed by atoms with van der Waals surface area (Å²) < 4.78 is 5.99. The minimum absolute atomic E-state index is 0.294. The van der Waals surface area contributed by atoms with E-state index in [2.05, 4.69) is 4.90 Å². The lowest BCUT2D eigenvalue weighted by atomic mass is 9.73. The van der Waals surface area contributed by atoms with Crippen LogP contribution < -0.4 is 5.73 Å². The number of hydrogen-bond donors (Lipinski definition) is 1. The van der Waals surface area contributed by atoms with Crippen LogP contribution in [0.2, 0.25) is 0 Å². The molecule has 2 heterocycles. The van der Waals surface area contributed by atoms with Gasteiger partial charge in [0.05, 0.1) is 5.60 Å². The summed E-state index contributed by atoms with van der Waals surface area (Å²) >= 11 is 0. The number of nitrogens with two attached hydrogens (primary N) is 1. The second-order valence-electron chi connectivity index (χ2n) is 5.91. The van der Waals surface area contributed by atoms with Crippen molar-refractivity contribution in [1.82, 2.24) is 4.90 Å². The van der Waals surface area contributed by atoms with Crippen molar-refractivity contribution in [2.75, 3.05) is 19.7 Å². The van der Waals surface area contributed by atoms with Gasteiger partial charge in [-0.1, -0.05) is 0 Å². The number of piperidine rings is 1. The van der Waals surface area contributed by atoms with E-state index in [9.17, 15) is 0 Å². The normalized spacial score (nSPS) is 36.2. The molecule has 1 unspecified atom stereocenters. The Kier molecular flexibility index (Phi) is 2.94. The Hall–Kier alpha value is -0.120. The van der Waals surface area contributed by atoms with Crippen LogP contribution in [0.5, 0.6) is 0 Å². The molecule has 0 amide bonds. The molecular formula is C13H24N2O. The van der Waals surface area contributed by atoms with Crippen molar-refractivity contribution in [1.29, 1.82) is 0 Å². The largest absolute Gasteiger partial charge is 0.375 e. The zero-order valence-corrected chi connectivity index (χ0v) is 10.2. The van der Waals surface area contributed by atoms with Gasteiger partial charge in [-0.25, -0.2) is 0 Å². The molecule has 2 N–H and O–H groups in total. The van der Waals surface area contributed by atoms with Gasteiger partial charge in [0.2, 0.25) is 0 Å². The standard InChI is InChI=1S/C13H24N2O/c14-11-2-7-15(8-3-11)12-4-9-16-13(10-12)5-1-6-13/h11-12H,1-10,14H2. The molecule has 1 aliphatic carbocycles. The van der Waals surface area contributed by atoms with Gasteiger partial charge in [0.1, 0.15) is 0 Å². The fourth-order valence-corrected chi connectivity index (χ4v) is 3.52. The molecule has 1 spiro atoms. The molecule has 2 saturated heterocycles. The number of rotatable bonds is 1. The molecule has 0 radical (unpaired) electrons. The highest BCUT2D eigenvalue weighted by atomic mass is 16.5. The first-order valence-corrected chi connectivity index (χ1v) is 6.91. The van der Waals surface area contributed by atoms with Crippen molar-refractivity contribution < 1.29 is 4.74 Å². The highest BCUT2D eigenvalue weighted by molar-refractivity contribution is 4.97. The monoisotopic (exact) mass is 224 g/mol. The molecule has 0 aromatic heterocycles. The van der Waals surface area contributed by atoms with Gasteiger partial charge >= 0.3 is 0 Å². The second-order valence-corrected chi connectivity index (χ2v) is 5.91. The number of hydrogen-bond acceptors (Lipinski definition) is 3. The third-order valence-electron chi connectivity index (χ3n) is 4.82. The molecule has 3 nitrogen and oxygen atoms in total. The summed E-state index contributed by atoms with van der Waals surface area (Å²) in [6.45, 7) is 3.40. The van der Waals surface area contributed by atoms with Crippen molar-refractivity contribution in [3.63, 3.8) is 0 Å². The van der Waals surface area contributed by atoms with E-state index in [0.717, 1.165) is 12.6 Å². The van der Waals surface area contributed by atoms with E-state index < -0.39 is 0 Å². The van der Waals surface area contributed by atoms with Gasteiger partial charge in [0.25, 0.3) is 0 Å². The average Bonchev–Trinajstić information content (AvgIpc) is 2.28. The van der Waals surface area contributed by atoms with Crippen LogP contribution in [0.3, 0.4) is 0 Å². The first kappa shape index (κ1) is 11.0. The minimum atomic E-state index is 0.294. The lowest BCUT2D eigenvalue weighted by Crippen LogP contribution is -2.54. The molecule has 1 saturated carbocycles. The Morgan fingerprint density at radius 2 is 1.88 bits per heavy atom. The Labute approximate surface area is 98.3 Å². The van der Waals surface area contributed by atoms with Crippen LogP contribution in [0.15, 0.2) is 0 Å². The fraction of sp³-hybridized carbons (Fsp3) is 1.00. The first-order chi connectivity index (χ1) is 7.77. The van der Waals surface area contributed by atoms with E-state index in [0.29, 0.717) is 11.6 Å². The highest BCUT2D eigenvalue weighted by Gasteiger charge is 2.44. The van der Waals surface area contributed by atoms with Gasteiger partial charge in [0.15, 0.2) is 0 Å². The summed E-state index contributed by atoms with van der Waals surface area (Å²) in [5.41, 5.74) is 6.26. The molecule has 3 rings (SSSR count). The molecule has 92 valence electrons. The van der Waals surface area contributed by atoms with E-state index in [1.807, 2.05) is 0 Å². The van der Waals surface area contributed by atoms with Crippen LogP contribution in [-0.2, 0) is 4.74 Å². The molecule has 3 heteroatoms. The molecule has 2 aliphatic heterocycles. The van der Waals surface area contributed by atoms with Crippen LogP contribution in [0.1, 0.15) is 44.9 Å². The van der Waals surface area contributed by atoms with Crippen LogP contribution >= 0.6 is 0 Å². The maximum absolute atomic E-state index is 5.99. The molecule has 0 bridgehead atoms. The molecule has 3 fully saturated rings. The van der Waals surface area contributed by atoms with Gasteiger partial charge < -0.3 is 15.4 Å². The molecular weight excluding hydrogens is 200 g/mol. The lowest BCUT2D eigenvalue weighted by molar-refractivity contribution is -0.149. The maximum atomic E-state index is 5.99. The van der Waals surface area contributed by atoms with E-state index in [1.54, 1.807) is 0 Å². The summed E-state index contributed by atoms with van der Waals surface area (Å²) in [4.78, 5) is 2.67. The smallest absolute Gasteiger partial charge is 0.0697 e. The fourth-order valence-electron chi connectivity index (χ4n) is 3.52. The summed E-state index contributed by atoms with van der Waals surface area (Å²) in [6.07, 6.45) is 8.86. The topological polar surface area (TPSA) is 38.5 Å². The zero-order chi connectivity index (χ0) is 11.0. The quantitative estimate of drug-likeness (QED) is 0.734. The van der Waals surface area contributed by atoms with Crippen LogP contribution in [0.4, 0.5) is 0 Å². The summed E-state index contributed by atoms with van der Waals surface area (Å²) in [5.74, 6) is 0. The number of likely N-dealkylation sites (tertiary alicyclic amines) is 1. The third-order valence-corrected chi connectivity index (χ3v) is 4.82. The Bertz CT molecular complexity index is 244. The predicted molar refractivity (Wildman–Crippen MR) is 64.3 cm³/mol. The maximum Gasteiger partial charge on any atom is 0.0697 e. The lowest BCUT2D eigenvalue weighted by Gasteiger charge is -2.50. The molecule has 1 atom stereocenters. The molecule has 0 aromatic rings. The van der Waals surface area contributed by atoms with E-state index in [4.69, 9.17) is 10.5 Å². The van der Waals surface area contributed by atoms with Crippen molar-refractivity contribution in [2.24, 2.45) is 5.73 Å². The molecule has 16 heavy (non-hydrogen) atoms. The summed E-state index contributed by atoms with van der Waals surface area (Å²) in [5, 5.41) is 0. The van der Waals surface area contributed by atoms with Gasteiger partial charge in [0, 0.05) is 18.7 Å². The predicted octanol–water partition coefficient (Wildman–Crippen LogP) is 1.51. The summed E-state index contributed by atoms with van der Waals surface area (Å²) in [7, 11) is 0.